The van der Waals surface area contributed by atoms with E-state index in [0.717, 1.165) is 11.1 Å². The highest BCUT2D eigenvalue weighted by molar-refractivity contribution is 5.44. The number of ether oxygens (including phenoxy) is 4. The third-order valence-corrected chi connectivity index (χ3v) is 5.33. The van der Waals surface area contributed by atoms with Gasteiger partial charge >= 0.3 is 0 Å². The van der Waals surface area contributed by atoms with Crippen molar-refractivity contribution in [1.82, 2.24) is 0 Å². The predicted octanol–water partition coefficient (Wildman–Crippen LogP) is 3.19. The maximum Gasteiger partial charge on any atom is 0.160 e. The molecule has 2 heterocycles. The van der Waals surface area contributed by atoms with Gasteiger partial charge in [0.15, 0.2) is 23.0 Å². The summed E-state index contributed by atoms with van der Waals surface area (Å²) in [7, 11) is 3.06. The van der Waals surface area contributed by atoms with Crippen LogP contribution in [0.25, 0.3) is 0 Å². The third-order valence-electron chi connectivity index (χ3n) is 5.33. The molecule has 0 radical (unpaired) electrons. The maximum atomic E-state index is 9.80. The Bertz CT molecular complexity index is 737. The lowest BCUT2D eigenvalue weighted by Gasteiger charge is -2.18. The summed E-state index contributed by atoms with van der Waals surface area (Å²) in [6.45, 7) is 1.18. The summed E-state index contributed by atoms with van der Waals surface area (Å²) in [6, 6.07) is 10.6. The minimum absolute atomic E-state index is 0.0986. The summed E-state index contributed by atoms with van der Waals surface area (Å²) in [5, 5.41) is 19.6. The quantitative estimate of drug-likeness (QED) is 0.874. The van der Waals surface area contributed by atoms with Gasteiger partial charge in [-0.2, -0.15) is 0 Å². The van der Waals surface area contributed by atoms with Crippen molar-refractivity contribution in [2.45, 2.75) is 12.2 Å². The van der Waals surface area contributed by atoms with Crippen LogP contribution in [0, 0.1) is 11.8 Å². The fourth-order valence-electron chi connectivity index (χ4n) is 3.98. The fraction of sp³-hybridized carbons (Fsp3) is 0.400. The fourth-order valence-corrected chi connectivity index (χ4v) is 3.98. The molecule has 2 aliphatic rings. The molecule has 2 N–H and O–H groups in total. The van der Waals surface area contributed by atoms with E-state index < -0.39 is 0 Å². The van der Waals surface area contributed by atoms with E-state index in [-0.39, 0.29) is 35.5 Å². The molecule has 2 aliphatic heterocycles. The standard InChI is InChI=1S/C20H22O6/c1-23-17-7-11(3-5-15(17)21)19-13-9-26-20(14(13)10-25-19)12-4-6-16(22)18(8-12)24-2/h3-8,13-14,19-22H,9-10H2,1-2H3/t13?,14?,19-,20?/m0/s1. The molecule has 26 heavy (non-hydrogen) atoms. The molecule has 6 nitrogen and oxygen atoms in total. The molecule has 0 aliphatic carbocycles. The number of hydrogen-bond donors (Lipinski definition) is 2. The Labute approximate surface area is 151 Å². The van der Waals surface area contributed by atoms with Crippen LogP contribution >= 0.6 is 0 Å². The molecule has 4 rings (SSSR count). The van der Waals surface area contributed by atoms with Crippen molar-refractivity contribution in [1.29, 1.82) is 0 Å². The lowest BCUT2D eigenvalue weighted by atomic mass is 9.85. The van der Waals surface area contributed by atoms with Gasteiger partial charge in [0.2, 0.25) is 0 Å². The Hall–Kier alpha value is -2.44. The molecular weight excluding hydrogens is 336 g/mol. The van der Waals surface area contributed by atoms with Crippen LogP contribution in [-0.2, 0) is 9.47 Å². The molecule has 0 bridgehead atoms. The van der Waals surface area contributed by atoms with E-state index in [9.17, 15) is 10.2 Å². The molecule has 4 atom stereocenters. The van der Waals surface area contributed by atoms with E-state index in [4.69, 9.17) is 18.9 Å². The Morgan fingerprint density at radius 3 is 1.58 bits per heavy atom. The highest BCUT2D eigenvalue weighted by atomic mass is 16.5. The van der Waals surface area contributed by atoms with Crippen molar-refractivity contribution in [3.8, 4) is 23.0 Å². The zero-order valence-corrected chi connectivity index (χ0v) is 14.7. The molecule has 2 aromatic carbocycles. The van der Waals surface area contributed by atoms with E-state index in [1.807, 2.05) is 24.3 Å². The summed E-state index contributed by atoms with van der Waals surface area (Å²) in [5.74, 6) is 1.54. The third kappa shape index (κ3) is 2.75. The van der Waals surface area contributed by atoms with Gasteiger partial charge in [0.25, 0.3) is 0 Å². The molecule has 3 unspecified atom stereocenters. The molecular formula is C20H22O6. The van der Waals surface area contributed by atoms with Crippen LogP contribution in [0.5, 0.6) is 23.0 Å². The number of fused-ring (bicyclic) bond motifs is 1. The zero-order chi connectivity index (χ0) is 18.3. The first-order chi connectivity index (χ1) is 12.6. The number of hydrogen-bond acceptors (Lipinski definition) is 6. The Balaban J connectivity index is 1.58. The second kappa shape index (κ2) is 6.70. The van der Waals surface area contributed by atoms with E-state index in [2.05, 4.69) is 0 Å². The van der Waals surface area contributed by atoms with Gasteiger partial charge in [-0.25, -0.2) is 0 Å². The van der Waals surface area contributed by atoms with Crippen LogP contribution in [0.2, 0.25) is 0 Å². The van der Waals surface area contributed by atoms with Crippen molar-refractivity contribution in [3.05, 3.63) is 47.5 Å². The average molecular weight is 358 g/mol. The lowest BCUT2D eigenvalue weighted by molar-refractivity contribution is 0.0191. The first-order valence-corrected chi connectivity index (χ1v) is 8.59. The normalized spacial score (nSPS) is 27.3. The van der Waals surface area contributed by atoms with Crippen LogP contribution in [0.3, 0.4) is 0 Å². The van der Waals surface area contributed by atoms with E-state index in [1.165, 1.54) is 14.2 Å². The number of phenols is 2. The number of benzene rings is 2. The molecule has 2 saturated heterocycles. The largest absolute Gasteiger partial charge is 0.504 e. The van der Waals surface area contributed by atoms with Gasteiger partial charge in [0.1, 0.15) is 0 Å². The van der Waals surface area contributed by atoms with Gasteiger partial charge < -0.3 is 29.2 Å². The number of methoxy groups -OCH3 is 2. The Morgan fingerprint density at radius 2 is 1.19 bits per heavy atom. The van der Waals surface area contributed by atoms with Gasteiger partial charge in [-0.1, -0.05) is 12.1 Å². The molecule has 138 valence electrons. The van der Waals surface area contributed by atoms with Gasteiger partial charge in [-0.3, -0.25) is 0 Å². The number of aromatic hydroxyl groups is 2. The number of phenolic OH excluding ortho intramolecular Hbond substituents is 2. The minimum atomic E-state index is -0.0986. The van der Waals surface area contributed by atoms with E-state index >= 15 is 0 Å². The molecule has 0 aromatic heterocycles. The predicted molar refractivity (Wildman–Crippen MR) is 93.7 cm³/mol. The SMILES string of the molecule is COc1cc(C2OCC3C2CO[C@H]3c2ccc(O)c(OC)c2)ccc1O. The summed E-state index contributed by atoms with van der Waals surface area (Å²) < 4.78 is 22.6. The number of rotatable bonds is 4. The molecule has 0 amide bonds. The van der Waals surface area contributed by atoms with Crippen molar-refractivity contribution in [2.24, 2.45) is 11.8 Å². The molecule has 0 saturated carbocycles. The van der Waals surface area contributed by atoms with Crippen molar-refractivity contribution in [2.75, 3.05) is 27.4 Å². The van der Waals surface area contributed by atoms with Crippen LogP contribution < -0.4 is 9.47 Å². The van der Waals surface area contributed by atoms with Gasteiger partial charge in [0.05, 0.1) is 39.6 Å². The van der Waals surface area contributed by atoms with Gasteiger partial charge in [0, 0.05) is 11.8 Å². The van der Waals surface area contributed by atoms with E-state index in [0.29, 0.717) is 24.7 Å². The van der Waals surface area contributed by atoms with Gasteiger partial charge in [-0.15, -0.1) is 0 Å². The highest BCUT2D eigenvalue weighted by Gasteiger charge is 2.48. The first-order valence-electron chi connectivity index (χ1n) is 8.59. The zero-order valence-electron chi connectivity index (χ0n) is 14.7. The second-order valence-electron chi connectivity index (χ2n) is 6.70. The summed E-state index contributed by atoms with van der Waals surface area (Å²) in [6.07, 6.45) is -0.197. The summed E-state index contributed by atoms with van der Waals surface area (Å²) >= 11 is 0. The maximum absolute atomic E-state index is 9.80. The van der Waals surface area contributed by atoms with Crippen LogP contribution in [-0.4, -0.2) is 37.6 Å². The lowest BCUT2D eigenvalue weighted by Crippen LogP contribution is -2.14. The molecule has 6 heteroatoms. The smallest absolute Gasteiger partial charge is 0.160 e. The highest BCUT2D eigenvalue weighted by Crippen LogP contribution is 2.51. The van der Waals surface area contributed by atoms with E-state index in [1.54, 1.807) is 12.1 Å². The summed E-state index contributed by atoms with van der Waals surface area (Å²) in [5.41, 5.74) is 1.94. The molecule has 0 spiro atoms. The van der Waals surface area contributed by atoms with Crippen LogP contribution in [0.1, 0.15) is 23.3 Å². The van der Waals surface area contributed by atoms with Gasteiger partial charge in [-0.05, 0) is 35.4 Å². The summed E-state index contributed by atoms with van der Waals surface area (Å²) in [4.78, 5) is 0. The first kappa shape index (κ1) is 17.0. The monoisotopic (exact) mass is 358 g/mol. The Morgan fingerprint density at radius 1 is 0.769 bits per heavy atom. The van der Waals surface area contributed by atoms with Crippen molar-refractivity contribution < 1.29 is 29.2 Å². The van der Waals surface area contributed by atoms with Crippen molar-refractivity contribution >= 4 is 0 Å². The molecule has 2 fully saturated rings. The Kier molecular flexibility index (Phi) is 4.38. The van der Waals surface area contributed by atoms with Crippen LogP contribution in [0.4, 0.5) is 0 Å². The van der Waals surface area contributed by atoms with Crippen molar-refractivity contribution in [3.63, 3.8) is 0 Å². The van der Waals surface area contributed by atoms with Crippen LogP contribution in [0.15, 0.2) is 36.4 Å². The minimum Gasteiger partial charge on any atom is -0.504 e. The average Bonchev–Trinajstić information content (AvgIpc) is 3.25. The molecule has 2 aromatic rings. The topological polar surface area (TPSA) is 77.4 Å². The second-order valence-corrected chi connectivity index (χ2v) is 6.70.